The van der Waals surface area contributed by atoms with Gasteiger partial charge in [0.1, 0.15) is 0 Å². The molecule has 0 spiro atoms. The highest BCUT2D eigenvalue weighted by Crippen LogP contribution is 2.31. The van der Waals surface area contributed by atoms with Crippen LogP contribution in [0.3, 0.4) is 0 Å². The maximum absolute atomic E-state index is 11.3. The molecular weight excluding hydrogens is 236 g/mol. The van der Waals surface area contributed by atoms with E-state index in [1.54, 1.807) is 6.26 Å². The summed E-state index contributed by atoms with van der Waals surface area (Å²) < 4.78 is 22.6. The summed E-state index contributed by atoms with van der Waals surface area (Å²) in [5, 5.41) is 0. The van der Waals surface area contributed by atoms with Crippen molar-refractivity contribution in [3.05, 3.63) is 29.8 Å². The second-order valence-corrected chi connectivity index (χ2v) is 6.52. The SMILES string of the molecule is CS(=O)c1ccc(C2OCC(C)(C)CO2)cc1. The van der Waals surface area contributed by atoms with Crippen LogP contribution in [0.5, 0.6) is 0 Å². The van der Waals surface area contributed by atoms with Crippen LogP contribution in [0.2, 0.25) is 0 Å². The van der Waals surface area contributed by atoms with Crippen LogP contribution in [-0.2, 0) is 20.3 Å². The Balaban J connectivity index is 2.06. The Kier molecular flexibility index (Phi) is 3.66. The molecule has 1 saturated heterocycles. The Bertz CT molecular complexity index is 401. The first-order valence-corrected chi connectivity index (χ1v) is 7.20. The standard InChI is InChI=1S/C13H18O3S/c1-13(2)8-15-12(16-9-13)10-4-6-11(7-5-10)17(3)14/h4-7,12H,8-9H2,1-3H3. The number of benzene rings is 1. The molecule has 0 N–H and O–H groups in total. The fourth-order valence-corrected chi connectivity index (χ4v) is 2.22. The quantitative estimate of drug-likeness (QED) is 0.813. The maximum atomic E-state index is 11.3. The minimum absolute atomic E-state index is 0.0847. The van der Waals surface area contributed by atoms with Crippen molar-refractivity contribution in [3.8, 4) is 0 Å². The summed E-state index contributed by atoms with van der Waals surface area (Å²) in [6, 6.07) is 7.55. The van der Waals surface area contributed by atoms with Crippen LogP contribution in [-0.4, -0.2) is 23.7 Å². The molecule has 1 aliphatic rings. The van der Waals surface area contributed by atoms with Crippen LogP contribution in [0.15, 0.2) is 29.2 Å². The molecule has 1 aliphatic heterocycles. The van der Waals surface area contributed by atoms with Crippen LogP contribution in [0.1, 0.15) is 25.7 Å². The average Bonchev–Trinajstić information content (AvgIpc) is 2.29. The molecule has 1 atom stereocenters. The summed E-state index contributed by atoms with van der Waals surface area (Å²) in [4.78, 5) is 0.824. The van der Waals surface area contributed by atoms with Crippen molar-refractivity contribution < 1.29 is 13.7 Å². The van der Waals surface area contributed by atoms with Gasteiger partial charge in [0, 0.05) is 32.9 Å². The summed E-state index contributed by atoms with van der Waals surface area (Å²) in [5.41, 5.74) is 1.07. The zero-order valence-corrected chi connectivity index (χ0v) is 11.3. The molecule has 0 aromatic heterocycles. The van der Waals surface area contributed by atoms with Crippen LogP contribution >= 0.6 is 0 Å². The zero-order valence-electron chi connectivity index (χ0n) is 10.4. The van der Waals surface area contributed by atoms with Crippen molar-refractivity contribution in [2.24, 2.45) is 5.41 Å². The Morgan fingerprint density at radius 2 is 1.71 bits per heavy atom. The minimum atomic E-state index is -0.936. The molecule has 17 heavy (non-hydrogen) atoms. The summed E-state index contributed by atoms with van der Waals surface area (Å²) in [7, 11) is -0.936. The van der Waals surface area contributed by atoms with E-state index in [-0.39, 0.29) is 11.7 Å². The van der Waals surface area contributed by atoms with Gasteiger partial charge < -0.3 is 9.47 Å². The third-order valence-electron chi connectivity index (χ3n) is 2.74. The van der Waals surface area contributed by atoms with E-state index in [9.17, 15) is 4.21 Å². The van der Waals surface area contributed by atoms with Crippen LogP contribution in [0.25, 0.3) is 0 Å². The molecule has 0 radical (unpaired) electrons. The molecular formula is C13H18O3S. The van der Waals surface area contributed by atoms with Gasteiger partial charge in [-0.25, -0.2) is 0 Å². The van der Waals surface area contributed by atoms with Crippen LogP contribution in [0.4, 0.5) is 0 Å². The minimum Gasteiger partial charge on any atom is -0.348 e. The third-order valence-corrected chi connectivity index (χ3v) is 3.67. The summed E-state index contributed by atoms with van der Waals surface area (Å²) in [6.07, 6.45) is 1.38. The van der Waals surface area contributed by atoms with Gasteiger partial charge in [0.05, 0.1) is 13.2 Å². The summed E-state index contributed by atoms with van der Waals surface area (Å²) in [5.74, 6) is 0. The van der Waals surface area contributed by atoms with E-state index in [4.69, 9.17) is 9.47 Å². The van der Waals surface area contributed by atoms with E-state index in [1.165, 1.54) is 0 Å². The molecule has 94 valence electrons. The molecule has 0 amide bonds. The predicted octanol–water partition coefficient (Wildman–Crippen LogP) is 2.50. The fourth-order valence-electron chi connectivity index (χ4n) is 1.70. The molecule has 1 heterocycles. The molecule has 0 bridgehead atoms. The van der Waals surface area contributed by atoms with E-state index in [0.29, 0.717) is 13.2 Å². The molecule has 0 saturated carbocycles. The number of hydrogen-bond donors (Lipinski definition) is 0. The van der Waals surface area contributed by atoms with Crippen molar-refractivity contribution in [1.29, 1.82) is 0 Å². The smallest absolute Gasteiger partial charge is 0.183 e. The lowest BCUT2D eigenvalue weighted by Gasteiger charge is -2.34. The number of rotatable bonds is 2. The normalized spacial score (nSPS) is 22.3. The van der Waals surface area contributed by atoms with Crippen molar-refractivity contribution in [1.82, 2.24) is 0 Å². The summed E-state index contributed by atoms with van der Waals surface area (Å²) in [6.45, 7) is 5.62. The highest BCUT2D eigenvalue weighted by Gasteiger charge is 2.29. The van der Waals surface area contributed by atoms with Crippen molar-refractivity contribution >= 4 is 10.8 Å². The van der Waals surface area contributed by atoms with Crippen molar-refractivity contribution in [2.45, 2.75) is 25.0 Å². The molecule has 1 fully saturated rings. The second-order valence-electron chi connectivity index (χ2n) is 5.14. The lowest BCUT2D eigenvalue weighted by Crippen LogP contribution is -2.33. The molecule has 3 nitrogen and oxygen atoms in total. The van der Waals surface area contributed by atoms with E-state index >= 15 is 0 Å². The van der Waals surface area contributed by atoms with Gasteiger partial charge in [-0.15, -0.1) is 0 Å². The van der Waals surface area contributed by atoms with E-state index in [0.717, 1.165) is 10.5 Å². The largest absolute Gasteiger partial charge is 0.348 e. The Labute approximate surface area is 105 Å². The Morgan fingerprint density at radius 3 is 2.18 bits per heavy atom. The lowest BCUT2D eigenvalue weighted by atomic mass is 9.95. The number of hydrogen-bond acceptors (Lipinski definition) is 3. The third kappa shape index (κ3) is 3.15. The first-order valence-electron chi connectivity index (χ1n) is 5.64. The fraction of sp³-hybridized carbons (Fsp3) is 0.538. The van der Waals surface area contributed by atoms with Gasteiger partial charge in [0.2, 0.25) is 0 Å². The monoisotopic (exact) mass is 254 g/mol. The van der Waals surface area contributed by atoms with Gasteiger partial charge in [-0.3, -0.25) is 4.21 Å². The lowest BCUT2D eigenvalue weighted by molar-refractivity contribution is -0.226. The first-order chi connectivity index (χ1) is 7.98. The molecule has 1 aromatic carbocycles. The average molecular weight is 254 g/mol. The zero-order chi connectivity index (χ0) is 12.5. The molecule has 1 unspecified atom stereocenters. The Morgan fingerprint density at radius 1 is 1.18 bits per heavy atom. The van der Waals surface area contributed by atoms with Gasteiger partial charge in [-0.1, -0.05) is 26.0 Å². The maximum Gasteiger partial charge on any atom is 0.183 e. The number of ether oxygens (including phenoxy) is 2. The first kappa shape index (κ1) is 12.7. The van der Waals surface area contributed by atoms with Gasteiger partial charge in [-0.05, 0) is 12.1 Å². The molecule has 4 heteroatoms. The van der Waals surface area contributed by atoms with E-state index in [1.807, 2.05) is 24.3 Å². The topological polar surface area (TPSA) is 35.5 Å². The van der Waals surface area contributed by atoms with E-state index < -0.39 is 10.8 Å². The highest BCUT2D eigenvalue weighted by molar-refractivity contribution is 7.84. The van der Waals surface area contributed by atoms with Gasteiger partial charge in [0.25, 0.3) is 0 Å². The van der Waals surface area contributed by atoms with Gasteiger partial charge >= 0.3 is 0 Å². The van der Waals surface area contributed by atoms with Crippen LogP contribution in [0, 0.1) is 5.41 Å². The molecule has 2 rings (SSSR count). The predicted molar refractivity (Wildman–Crippen MR) is 67.2 cm³/mol. The molecule has 1 aromatic rings. The Hall–Kier alpha value is -0.710. The van der Waals surface area contributed by atoms with E-state index in [2.05, 4.69) is 13.8 Å². The highest BCUT2D eigenvalue weighted by atomic mass is 32.2. The van der Waals surface area contributed by atoms with Gasteiger partial charge in [-0.2, -0.15) is 0 Å². The van der Waals surface area contributed by atoms with Crippen molar-refractivity contribution in [2.75, 3.05) is 19.5 Å². The van der Waals surface area contributed by atoms with Gasteiger partial charge in [0.15, 0.2) is 6.29 Å². The van der Waals surface area contributed by atoms with Crippen LogP contribution < -0.4 is 0 Å². The molecule has 0 aliphatic carbocycles. The summed E-state index contributed by atoms with van der Waals surface area (Å²) >= 11 is 0. The van der Waals surface area contributed by atoms with Crippen molar-refractivity contribution in [3.63, 3.8) is 0 Å². The second kappa shape index (κ2) is 4.88.